The molecular weight excluding hydrogens is 643 g/mol. The molecule has 0 amide bonds. The van der Waals surface area contributed by atoms with Gasteiger partial charge in [-0.1, -0.05) is 136 Å². The van der Waals surface area contributed by atoms with Crippen molar-refractivity contribution in [3.8, 4) is 0 Å². The van der Waals surface area contributed by atoms with E-state index in [9.17, 15) is 0 Å². The summed E-state index contributed by atoms with van der Waals surface area (Å²) < 4.78 is 1.80. The minimum atomic E-state index is 0. The summed E-state index contributed by atoms with van der Waals surface area (Å²) in [7, 11) is 0. The van der Waals surface area contributed by atoms with Gasteiger partial charge in [-0.2, -0.15) is 11.6 Å². The number of halogens is 2. The van der Waals surface area contributed by atoms with Crippen LogP contribution in [-0.4, -0.2) is 3.21 Å². The van der Waals surface area contributed by atoms with Gasteiger partial charge in [0.2, 0.25) is 0 Å². The van der Waals surface area contributed by atoms with Crippen molar-refractivity contribution in [1.29, 1.82) is 0 Å². The molecule has 0 saturated heterocycles. The van der Waals surface area contributed by atoms with Crippen LogP contribution in [0.1, 0.15) is 132 Å². The zero-order valence-corrected chi connectivity index (χ0v) is 32.9. The van der Waals surface area contributed by atoms with Crippen molar-refractivity contribution in [3.63, 3.8) is 0 Å². The van der Waals surface area contributed by atoms with Crippen LogP contribution in [0.2, 0.25) is 0 Å². The molecule has 2 aliphatic carbocycles. The third-order valence-electron chi connectivity index (χ3n) is 8.55. The Balaban J connectivity index is 0.000000360. The summed E-state index contributed by atoms with van der Waals surface area (Å²) in [5.74, 6) is 0.573. The quantitative estimate of drug-likeness (QED) is 0.283. The molecule has 5 rings (SSSR count). The first-order valence-electron chi connectivity index (χ1n) is 16.1. The van der Waals surface area contributed by atoms with Crippen molar-refractivity contribution in [2.75, 3.05) is 0 Å². The van der Waals surface area contributed by atoms with Crippen LogP contribution in [-0.2, 0) is 35.1 Å². The Bertz CT molecular complexity index is 1320. The van der Waals surface area contributed by atoms with Crippen molar-refractivity contribution in [2.45, 2.75) is 132 Å². The monoisotopic (exact) mass is 696 g/mol. The zero-order chi connectivity index (χ0) is 30.6. The molecule has 0 aromatic heterocycles. The second kappa shape index (κ2) is 16.6. The van der Waals surface area contributed by atoms with Crippen LogP contribution >= 0.6 is 0 Å². The molecule has 0 radical (unpaired) electrons. The van der Waals surface area contributed by atoms with Gasteiger partial charge >= 0.3 is 59.5 Å². The first-order valence-corrected chi connectivity index (χ1v) is 17.3. The molecule has 0 bridgehead atoms. The van der Waals surface area contributed by atoms with E-state index in [0.717, 1.165) is 6.42 Å². The fraction of sp³-hybridized carbons (Fsp3) is 0.550. The molecular formula is C40H56Cl2Zr-2. The molecule has 3 aromatic carbocycles. The molecule has 1 unspecified atom stereocenters. The van der Waals surface area contributed by atoms with Gasteiger partial charge in [0.15, 0.2) is 0 Å². The normalized spacial score (nSPS) is 17.1. The van der Waals surface area contributed by atoms with Gasteiger partial charge in [-0.25, -0.2) is 5.57 Å². The van der Waals surface area contributed by atoms with Crippen LogP contribution in [0.5, 0.6) is 0 Å². The van der Waals surface area contributed by atoms with Crippen molar-refractivity contribution < 1.29 is 49.0 Å². The Morgan fingerprint density at radius 2 is 1.19 bits per heavy atom. The summed E-state index contributed by atoms with van der Waals surface area (Å²) in [6.45, 7) is 24.9. The molecule has 236 valence electrons. The van der Waals surface area contributed by atoms with Gasteiger partial charge < -0.3 is 24.8 Å². The van der Waals surface area contributed by atoms with Crippen LogP contribution in [0.25, 0.3) is 21.5 Å². The summed E-state index contributed by atoms with van der Waals surface area (Å²) >= 11 is 1.69. The first-order chi connectivity index (χ1) is 19.0. The first kappa shape index (κ1) is 40.1. The van der Waals surface area contributed by atoms with E-state index in [2.05, 4.69) is 131 Å². The average molecular weight is 699 g/mol. The van der Waals surface area contributed by atoms with Crippen LogP contribution in [0.15, 0.2) is 59.7 Å². The molecule has 0 heterocycles. The van der Waals surface area contributed by atoms with E-state index < -0.39 is 0 Å². The van der Waals surface area contributed by atoms with Crippen LogP contribution in [0.4, 0.5) is 0 Å². The van der Waals surface area contributed by atoms with Crippen molar-refractivity contribution in [1.82, 2.24) is 0 Å². The molecule has 1 fully saturated rings. The summed E-state index contributed by atoms with van der Waals surface area (Å²) in [5.41, 5.74) is 6.47. The maximum absolute atomic E-state index is 3.57. The molecule has 3 heteroatoms. The average Bonchev–Trinajstić information content (AvgIpc) is 3.49. The summed E-state index contributed by atoms with van der Waals surface area (Å²) in [5, 5.41) is 5.48. The van der Waals surface area contributed by atoms with E-state index in [0.29, 0.717) is 11.3 Å². The third kappa shape index (κ3) is 11.2. The van der Waals surface area contributed by atoms with Gasteiger partial charge in [0.25, 0.3) is 0 Å². The molecule has 1 atom stereocenters. The number of fused-ring (bicyclic) bond motifs is 3. The molecule has 0 spiro atoms. The molecule has 0 aliphatic heterocycles. The van der Waals surface area contributed by atoms with Crippen LogP contribution in [0.3, 0.4) is 0 Å². The number of benzene rings is 2. The van der Waals surface area contributed by atoms with E-state index in [4.69, 9.17) is 0 Å². The number of allylic oxidation sites excluding steroid dienone is 4. The summed E-state index contributed by atoms with van der Waals surface area (Å²) in [4.78, 5) is 0. The van der Waals surface area contributed by atoms with E-state index in [1.165, 1.54) is 82.3 Å². The second-order valence-electron chi connectivity index (χ2n) is 15.2. The Kier molecular flexibility index (Phi) is 15.5. The third-order valence-corrected chi connectivity index (χ3v) is 9.78. The van der Waals surface area contributed by atoms with E-state index in [1.54, 1.807) is 27.4 Å². The minimum absolute atomic E-state index is 0. The van der Waals surface area contributed by atoms with E-state index in [-0.39, 0.29) is 35.6 Å². The number of rotatable bonds is 2. The Morgan fingerprint density at radius 1 is 0.721 bits per heavy atom. The fourth-order valence-electron chi connectivity index (χ4n) is 5.79. The van der Waals surface area contributed by atoms with Gasteiger partial charge in [0.1, 0.15) is 0 Å². The Hall–Kier alpha value is -0.877. The molecule has 1 saturated carbocycles. The van der Waals surface area contributed by atoms with Gasteiger partial charge in [-0.05, 0) is 10.8 Å². The van der Waals surface area contributed by atoms with Crippen LogP contribution < -0.4 is 24.8 Å². The van der Waals surface area contributed by atoms with E-state index in [1.807, 2.05) is 0 Å². The Morgan fingerprint density at radius 3 is 1.49 bits per heavy atom. The fourth-order valence-corrected chi connectivity index (χ4v) is 6.66. The second-order valence-corrected chi connectivity index (χ2v) is 17.0. The number of hydrogen-bond donors (Lipinski definition) is 0. The molecule has 43 heavy (non-hydrogen) atoms. The van der Waals surface area contributed by atoms with Crippen LogP contribution in [0, 0.1) is 17.4 Å². The predicted octanol–water partition coefficient (Wildman–Crippen LogP) is 6.12. The predicted molar refractivity (Wildman–Crippen MR) is 181 cm³/mol. The molecule has 0 N–H and O–H groups in total. The summed E-state index contributed by atoms with van der Waals surface area (Å²) in [6.07, 6.45) is 15.6. The van der Waals surface area contributed by atoms with Gasteiger partial charge in [-0.3, -0.25) is 6.08 Å². The van der Waals surface area contributed by atoms with Gasteiger partial charge in [0, 0.05) is 0 Å². The Labute approximate surface area is 292 Å². The molecule has 0 nitrogen and oxygen atoms in total. The standard InChI is InChI=1S/C21H25.C13H21.C6H10.2ClH.Zr/c1-20(2,3)16-7-9-18-14(12-16)11-15-13-17(21(4,5)6)8-10-19(15)18;1-6-10-8-11(7-2)12(9-10)13(3,4)5;1-2-4-6-5-3-1;;;/h7-13H,1-6H3;9-10H,6-7H2,1-5H3;1-5H2;2*1H;/q2*-1;;;;+2/p-2. The topological polar surface area (TPSA) is 0 Å². The molecule has 2 aliphatic rings. The van der Waals surface area contributed by atoms with Gasteiger partial charge in [-0.15, -0.1) is 39.7 Å². The number of hydrogen-bond acceptors (Lipinski definition) is 0. The van der Waals surface area contributed by atoms with E-state index >= 15 is 0 Å². The zero-order valence-electron chi connectivity index (χ0n) is 28.9. The van der Waals surface area contributed by atoms with Crippen molar-refractivity contribution in [3.05, 3.63) is 76.9 Å². The molecule has 3 aromatic rings. The SMILES string of the molecule is CC(C)(C)c1ccc2c(c1)[cH-]c1cc(C(C)(C)C)ccc12.CCC1=[C-]C(CC)C=C1C(C)(C)C.[Cl-].[Cl-].[Zr+2]=[C]1CCCCC1. The van der Waals surface area contributed by atoms with Crippen molar-refractivity contribution in [2.24, 2.45) is 11.3 Å². The summed E-state index contributed by atoms with van der Waals surface area (Å²) in [6, 6.07) is 16.2. The van der Waals surface area contributed by atoms with Gasteiger partial charge in [0.05, 0.1) is 0 Å². The van der Waals surface area contributed by atoms with Crippen molar-refractivity contribution >= 4 is 24.8 Å². The maximum atomic E-state index is 3.57.